The molecular weight excluding hydrogens is 282 g/mol. The third-order valence-corrected chi connectivity index (χ3v) is 4.39. The molecule has 0 aromatic carbocycles. The van der Waals surface area contributed by atoms with Crippen LogP contribution in [0.5, 0.6) is 0 Å². The Bertz CT molecular complexity index is 240. The van der Waals surface area contributed by atoms with E-state index in [4.69, 9.17) is 10.5 Å². The van der Waals surface area contributed by atoms with Gasteiger partial charge in [0.15, 0.2) is 0 Å². The van der Waals surface area contributed by atoms with Gasteiger partial charge in [-0.2, -0.15) is 0 Å². The highest BCUT2D eigenvalue weighted by Crippen LogP contribution is 2.10. The largest absolute Gasteiger partial charge is 0.364 e. The molecule has 0 aromatic rings. The number of unbranched alkanes of at least 4 members (excludes halogenated alkanes) is 12. The summed E-state index contributed by atoms with van der Waals surface area (Å²) in [6.07, 6.45) is 24.5. The van der Waals surface area contributed by atoms with Crippen LogP contribution in [0.2, 0.25) is 0 Å². The molecule has 2 N–H and O–H groups in total. The van der Waals surface area contributed by atoms with Crippen molar-refractivity contribution in [2.45, 2.75) is 116 Å². The molecule has 23 heavy (non-hydrogen) atoms. The second kappa shape index (κ2) is 19.7. The van der Waals surface area contributed by atoms with E-state index in [1.165, 1.54) is 83.5 Å². The van der Waals surface area contributed by atoms with Crippen LogP contribution in [-0.2, 0) is 4.74 Å². The van der Waals surface area contributed by atoms with Gasteiger partial charge in [0.2, 0.25) is 0 Å². The highest BCUT2D eigenvalue weighted by Gasteiger charge is 1.97. The van der Waals surface area contributed by atoms with Crippen molar-refractivity contribution in [2.24, 2.45) is 5.73 Å². The second-order valence-electron chi connectivity index (χ2n) is 6.76. The van der Waals surface area contributed by atoms with Crippen molar-refractivity contribution in [1.29, 1.82) is 0 Å². The lowest BCUT2D eigenvalue weighted by Gasteiger charge is -2.09. The Hall–Kier alpha value is -0.340. The fourth-order valence-electron chi connectivity index (χ4n) is 2.70. The first kappa shape index (κ1) is 22.7. The molecule has 0 radical (unpaired) electrons. The summed E-state index contributed by atoms with van der Waals surface area (Å²) in [5, 5.41) is 0. The van der Waals surface area contributed by atoms with Gasteiger partial charge >= 0.3 is 0 Å². The molecule has 0 aliphatic rings. The van der Waals surface area contributed by atoms with E-state index in [1.807, 2.05) is 0 Å². The second-order valence-corrected chi connectivity index (χ2v) is 6.76. The van der Waals surface area contributed by atoms with Crippen molar-refractivity contribution in [3.05, 3.63) is 12.2 Å². The van der Waals surface area contributed by atoms with Gasteiger partial charge in [0.1, 0.15) is 6.23 Å². The normalized spacial score (nSPS) is 13.0. The minimum absolute atomic E-state index is 0.0573. The van der Waals surface area contributed by atoms with Crippen molar-refractivity contribution in [3.8, 4) is 0 Å². The van der Waals surface area contributed by atoms with Crippen molar-refractivity contribution in [2.75, 3.05) is 6.61 Å². The van der Waals surface area contributed by atoms with E-state index in [9.17, 15) is 0 Å². The molecule has 0 bridgehead atoms. The molecule has 0 heterocycles. The molecule has 1 unspecified atom stereocenters. The maximum atomic E-state index is 5.71. The first-order valence-corrected chi connectivity index (χ1v) is 10.3. The Morgan fingerprint density at radius 1 is 0.696 bits per heavy atom. The molecule has 138 valence electrons. The molecule has 2 heteroatoms. The van der Waals surface area contributed by atoms with Crippen LogP contribution < -0.4 is 5.73 Å². The standard InChI is InChI=1S/C21H43NO/c1-3-5-6-7-8-9-10-11-12-13-14-15-16-17-18-19-20-23-21(22)4-2/h11-12,21H,3-10,13-20,22H2,1-2H3/b12-11+. The first-order valence-electron chi connectivity index (χ1n) is 10.3. The average molecular weight is 326 g/mol. The predicted octanol–water partition coefficient (Wildman–Crippen LogP) is 6.74. The zero-order valence-electron chi connectivity index (χ0n) is 16.0. The van der Waals surface area contributed by atoms with Crippen LogP contribution in [0, 0.1) is 0 Å². The lowest BCUT2D eigenvalue weighted by atomic mass is 10.1. The zero-order chi connectivity index (χ0) is 17.0. The summed E-state index contributed by atoms with van der Waals surface area (Å²) in [6.45, 7) is 5.17. The van der Waals surface area contributed by atoms with E-state index in [1.54, 1.807) is 0 Å². The summed E-state index contributed by atoms with van der Waals surface area (Å²) in [5.74, 6) is 0. The Kier molecular flexibility index (Phi) is 19.4. The number of hydrogen-bond acceptors (Lipinski definition) is 2. The molecule has 0 saturated carbocycles. The molecule has 0 amide bonds. The third kappa shape index (κ3) is 19.6. The minimum atomic E-state index is -0.0573. The summed E-state index contributed by atoms with van der Waals surface area (Å²) >= 11 is 0. The maximum absolute atomic E-state index is 5.71. The van der Waals surface area contributed by atoms with Crippen LogP contribution in [0.1, 0.15) is 110 Å². The fraction of sp³-hybridized carbons (Fsp3) is 0.905. The monoisotopic (exact) mass is 325 g/mol. The third-order valence-electron chi connectivity index (χ3n) is 4.39. The smallest absolute Gasteiger partial charge is 0.105 e. The minimum Gasteiger partial charge on any atom is -0.364 e. The molecule has 0 aliphatic heterocycles. The number of hydrogen-bond donors (Lipinski definition) is 1. The lowest BCUT2D eigenvalue weighted by Crippen LogP contribution is -2.22. The van der Waals surface area contributed by atoms with Crippen LogP contribution in [0.3, 0.4) is 0 Å². The molecular formula is C21H43NO. The number of ether oxygens (including phenoxy) is 1. The molecule has 0 fully saturated rings. The Labute approximate surface area is 146 Å². The topological polar surface area (TPSA) is 35.2 Å². The van der Waals surface area contributed by atoms with Crippen molar-refractivity contribution < 1.29 is 4.74 Å². The van der Waals surface area contributed by atoms with Crippen molar-refractivity contribution >= 4 is 0 Å². The van der Waals surface area contributed by atoms with Crippen LogP contribution >= 0.6 is 0 Å². The molecule has 0 rings (SSSR count). The lowest BCUT2D eigenvalue weighted by molar-refractivity contribution is 0.0526. The van der Waals surface area contributed by atoms with E-state index in [2.05, 4.69) is 26.0 Å². The molecule has 1 atom stereocenters. The number of allylic oxidation sites excluding steroid dienone is 2. The van der Waals surface area contributed by atoms with Crippen molar-refractivity contribution in [3.63, 3.8) is 0 Å². The van der Waals surface area contributed by atoms with Gasteiger partial charge < -0.3 is 10.5 Å². The maximum Gasteiger partial charge on any atom is 0.105 e. The van der Waals surface area contributed by atoms with Gasteiger partial charge in [-0.1, -0.05) is 83.8 Å². The summed E-state index contributed by atoms with van der Waals surface area (Å²) in [5.41, 5.74) is 5.71. The average Bonchev–Trinajstić information content (AvgIpc) is 2.57. The van der Waals surface area contributed by atoms with E-state index in [-0.39, 0.29) is 6.23 Å². The van der Waals surface area contributed by atoms with Crippen LogP contribution in [0.15, 0.2) is 12.2 Å². The Morgan fingerprint density at radius 2 is 1.17 bits per heavy atom. The predicted molar refractivity (Wildman–Crippen MR) is 104 cm³/mol. The van der Waals surface area contributed by atoms with E-state index < -0.39 is 0 Å². The molecule has 0 spiro atoms. The fourth-order valence-corrected chi connectivity index (χ4v) is 2.70. The molecule has 0 aliphatic carbocycles. The van der Waals surface area contributed by atoms with Gasteiger partial charge in [-0.25, -0.2) is 0 Å². The zero-order valence-corrected chi connectivity index (χ0v) is 16.0. The van der Waals surface area contributed by atoms with Gasteiger partial charge in [-0.05, 0) is 38.5 Å². The van der Waals surface area contributed by atoms with Crippen LogP contribution in [-0.4, -0.2) is 12.8 Å². The SMILES string of the molecule is CCCCCCCC/C=C/CCCCCCCCOC(N)CC. The van der Waals surface area contributed by atoms with Crippen LogP contribution in [0.25, 0.3) is 0 Å². The Balaban J connectivity index is 3.08. The summed E-state index contributed by atoms with van der Waals surface area (Å²) in [6, 6.07) is 0. The van der Waals surface area contributed by atoms with Gasteiger partial charge in [-0.15, -0.1) is 0 Å². The highest BCUT2D eigenvalue weighted by molar-refractivity contribution is 4.81. The van der Waals surface area contributed by atoms with E-state index in [0.29, 0.717) is 0 Å². The summed E-state index contributed by atoms with van der Waals surface area (Å²) in [7, 11) is 0. The quantitative estimate of drug-likeness (QED) is 0.172. The van der Waals surface area contributed by atoms with Gasteiger partial charge in [0.25, 0.3) is 0 Å². The van der Waals surface area contributed by atoms with Crippen molar-refractivity contribution in [1.82, 2.24) is 0 Å². The van der Waals surface area contributed by atoms with Gasteiger partial charge in [0.05, 0.1) is 0 Å². The number of rotatable bonds is 18. The molecule has 0 saturated heterocycles. The van der Waals surface area contributed by atoms with Crippen LogP contribution in [0.4, 0.5) is 0 Å². The molecule has 0 aromatic heterocycles. The Morgan fingerprint density at radius 3 is 1.70 bits per heavy atom. The molecule has 2 nitrogen and oxygen atoms in total. The summed E-state index contributed by atoms with van der Waals surface area (Å²) in [4.78, 5) is 0. The van der Waals surface area contributed by atoms with E-state index >= 15 is 0 Å². The van der Waals surface area contributed by atoms with E-state index in [0.717, 1.165) is 19.4 Å². The summed E-state index contributed by atoms with van der Waals surface area (Å²) < 4.78 is 5.48. The highest BCUT2D eigenvalue weighted by atomic mass is 16.5. The first-order chi connectivity index (χ1) is 11.3. The van der Waals surface area contributed by atoms with Gasteiger partial charge in [-0.3, -0.25) is 0 Å². The number of nitrogens with two attached hydrogens (primary N) is 1. The van der Waals surface area contributed by atoms with Gasteiger partial charge in [0, 0.05) is 6.61 Å².